The summed E-state index contributed by atoms with van der Waals surface area (Å²) in [5, 5.41) is 3.94. The van der Waals surface area contributed by atoms with Crippen LogP contribution in [0.15, 0.2) is 83.8 Å². The van der Waals surface area contributed by atoms with E-state index in [1.807, 2.05) is 116 Å². The molecule has 6 rings (SSSR count). The standard InChI is InChI=1S/C32H32N4O4S2.2HI/c1-33-25(23-13-7-5-8-14-23)27(35-17-21-41-31(33)35)29(37)39-19-11-3-4-12-20-40-30(38)28-26(24-15-9-6-10-16-24)34(2)32-36(28)18-22-42-32;;/h5-10,13-18,21-22H,3-4,11-12,19-20H2,1-2H3;2*1H/q+2;;/p-2. The molecule has 0 aliphatic heterocycles. The number of aryl methyl sites for hydroxylation is 2. The van der Waals surface area contributed by atoms with Crippen molar-refractivity contribution in [1.29, 1.82) is 0 Å². The summed E-state index contributed by atoms with van der Waals surface area (Å²) < 4.78 is 19.3. The van der Waals surface area contributed by atoms with E-state index in [1.165, 1.54) is 0 Å². The van der Waals surface area contributed by atoms with Crippen LogP contribution < -0.4 is 57.1 Å². The van der Waals surface area contributed by atoms with Crippen molar-refractivity contribution < 1.29 is 76.2 Å². The number of carbonyl (C=O) groups is 2. The van der Waals surface area contributed by atoms with Gasteiger partial charge in [0.05, 0.1) is 27.3 Å². The zero-order valence-corrected chi connectivity index (χ0v) is 30.3. The third-order valence-electron chi connectivity index (χ3n) is 7.34. The molecule has 6 aromatic rings. The van der Waals surface area contributed by atoms with E-state index in [-0.39, 0.29) is 59.9 Å². The van der Waals surface area contributed by atoms with Crippen molar-refractivity contribution in [2.75, 3.05) is 13.2 Å². The number of esters is 2. The van der Waals surface area contributed by atoms with Gasteiger partial charge in [0.2, 0.25) is 0 Å². The van der Waals surface area contributed by atoms with Gasteiger partial charge in [-0.3, -0.25) is 0 Å². The highest BCUT2D eigenvalue weighted by Gasteiger charge is 2.33. The van der Waals surface area contributed by atoms with Crippen molar-refractivity contribution in [2.24, 2.45) is 14.1 Å². The molecule has 4 heterocycles. The van der Waals surface area contributed by atoms with E-state index in [0.717, 1.165) is 58.1 Å². The van der Waals surface area contributed by atoms with Crippen LogP contribution in [-0.4, -0.2) is 34.0 Å². The van der Waals surface area contributed by atoms with Crippen LogP contribution in [0.4, 0.5) is 0 Å². The molecule has 0 fully saturated rings. The van der Waals surface area contributed by atoms with Gasteiger partial charge in [0.25, 0.3) is 11.4 Å². The quantitative estimate of drug-likeness (QED) is 0.0791. The fourth-order valence-corrected chi connectivity index (χ4v) is 7.01. The number of nitrogens with zero attached hydrogens (tertiary/aromatic N) is 4. The lowest BCUT2D eigenvalue weighted by molar-refractivity contribution is -0.631. The first-order valence-corrected chi connectivity index (χ1v) is 15.7. The van der Waals surface area contributed by atoms with Crippen LogP contribution >= 0.6 is 22.7 Å². The summed E-state index contributed by atoms with van der Waals surface area (Å²) >= 11 is 3.17. The van der Waals surface area contributed by atoms with E-state index >= 15 is 0 Å². The SMILES string of the molecule is C[n+]1c(-c2ccccc2)c(C(=O)OCCCCCCOC(=O)c2c(-c3ccccc3)[n+](C)c3sccn23)n2ccsc21.[I-].[I-]. The van der Waals surface area contributed by atoms with Crippen molar-refractivity contribution in [3.8, 4) is 22.5 Å². The maximum Gasteiger partial charge on any atom is 0.383 e. The molecular formula is C32H32I2N4O4S2. The molecule has 0 saturated carbocycles. The number of unbranched alkanes of at least 4 members (excludes halogenated alkanes) is 3. The number of hydrogen-bond acceptors (Lipinski definition) is 6. The molecule has 8 nitrogen and oxygen atoms in total. The molecule has 230 valence electrons. The van der Waals surface area contributed by atoms with Gasteiger partial charge < -0.3 is 57.4 Å². The van der Waals surface area contributed by atoms with Gasteiger partial charge in [0.1, 0.15) is 12.4 Å². The Morgan fingerprint density at radius 3 is 1.41 bits per heavy atom. The third kappa shape index (κ3) is 6.72. The topological polar surface area (TPSA) is 69.2 Å². The summed E-state index contributed by atoms with van der Waals surface area (Å²) in [6, 6.07) is 19.8. The van der Waals surface area contributed by atoms with E-state index in [2.05, 4.69) is 0 Å². The molecule has 0 saturated heterocycles. The Balaban J connectivity index is 0.00000221. The fraction of sp³-hybridized carbons (Fsp3) is 0.250. The molecule has 0 spiro atoms. The first-order valence-electron chi connectivity index (χ1n) is 14.0. The number of ether oxygens (including phenoxy) is 2. The summed E-state index contributed by atoms with van der Waals surface area (Å²) in [5.74, 6) is -0.655. The van der Waals surface area contributed by atoms with Gasteiger partial charge in [0.15, 0.2) is 11.4 Å². The Kier molecular flexibility index (Phi) is 12.0. The maximum absolute atomic E-state index is 13.2. The summed E-state index contributed by atoms with van der Waals surface area (Å²) in [6.07, 6.45) is 7.04. The summed E-state index contributed by atoms with van der Waals surface area (Å²) in [7, 11) is 3.94. The largest absolute Gasteiger partial charge is 1.00 e. The van der Waals surface area contributed by atoms with E-state index in [1.54, 1.807) is 22.7 Å². The van der Waals surface area contributed by atoms with Gasteiger partial charge in [-0.15, -0.1) is 0 Å². The second-order valence-corrected chi connectivity index (χ2v) is 11.8. The highest BCUT2D eigenvalue weighted by atomic mass is 127. The van der Waals surface area contributed by atoms with E-state index in [9.17, 15) is 9.59 Å². The summed E-state index contributed by atoms with van der Waals surface area (Å²) in [4.78, 5) is 28.3. The molecule has 44 heavy (non-hydrogen) atoms. The Labute approximate surface area is 297 Å². The second kappa shape index (κ2) is 15.5. The van der Waals surface area contributed by atoms with Crippen LogP contribution in [0.2, 0.25) is 0 Å². The van der Waals surface area contributed by atoms with Crippen molar-refractivity contribution in [1.82, 2.24) is 8.80 Å². The molecule has 4 aromatic heterocycles. The highest BCUT2D eigenvalue weighted by molar-refractivity contribution is 7.15. The molecule has 0 unspecified atom stereocenters. The van der Waals surface area contributed by atoms with Crippen LogP contribution in [0, 0.1) is 0 Å². The van der Waals surface area contributed by atoms with Gasteiger partial charge in [-0.25, -0.2) is 18.7 Å². The highest BCUT2D eigenvalue weighted by Crippen LogP contribution is 2.27. The number of rotatable bonds is 11. The number of carbonyl (C=O) groups excluding carboxylic acids is 2. The van der Waals surface area contributed by atoms with Crippen molar-refractivity contribution in [2.45, 2.75) is 25.7 Å². The van der Waals surface area contributed by atoms with Crippen molar-refractivity contribution >= 4 is 44.5 Å². The summed E-state index contributed by atoms with van der Waals surface area (Å²) in [5.41, 5.74) is 4.73. The van der Waals surface area contributed by atoms with Crippen LogP contribution in [0.25, 0.3) is 32.4 Å². The van der Waals surface area contributed by atoms with Crippen LogP contribution in [0.3, 0.4) is 0 Å². The predicted molar refractivity (Wildman–Crippen MR) is 163 cm³/mol. The van der Waals surface area contributed by atoms with Crippen LogP contribution in [-0.2, 0) is 23.6 Å². The molecule has 0 N–H and O–H groups in total. The molecule has 0 radical (unpaired) electrons. The minimum Gasteiger partial charge on any atom is -1.00 e. The average Bonchev–Trinajstić information content (AvgIpc) is 3.79. The molecule has 12 heteroatoms. The maximum atomic E-state index is 13.2. The minimum absolute atomic E-state index is 0. The van der Waals surface area contributed by atoms with Crippen molar-refractivity contribution in [3.05, 3.63) is 95.2 Å². The molecule has 0 aliphatic rings. The number of halogens is 2. The third-order valence-corrected chi connectivity index (χ3v) is 9.22. The number of fused-ring (bicyclic) bond motifs is 2. The van der Waals surface area contributed by atoms with Gasteiger partial charge in [-0.2, -0.15) is 8.80 Å². The Morgan fingerprint density at radius 2 is 1.02 bits per heavy atom. The smallest absolute Gasteiger partial charge is 0.383 e. The lowest BCUT2D eigenvalue weighted by atomic mass is 10.1. The number of benzene rings is 2. The van der Waals surface area contributed by atoms with E-state index < -0.39 is 0 Å². The normalized spacial score (nSPS) is 10.9. The predicted octanol–water partition coefficient (Wildman–Crippen LogP) is -0.120. The molecular weight excluding hydrogens is 822 g/mol. The Hall–Kier alpha value is -2.82. The average molecular weight is 855 g/mol. The van der Waals surface area contributed by atoms with Gasteiger partial charge >= 0.3 is 21.9 Å². The van der Waals surface area contributed by atoms with E-state index in [0.29, 0.717) is 24.6 Å². The first kappa shape index (κ1) is 34.1. The van der Waals surface area contributed by atoms with Crippen LogP contribution in [0.1, 0.15) is 46.7 Å². The van der Waals surface area contributed by atoms with Gasteiger partial charge in [0, 0.05) is 21.9 Å². The lowest BCUT2D eigenvalue weighted by Gasteiger charge is -2.06. The minimum atomic E-state index is -0.328. The molecule has 0 aliphatic carbocycles. The first-order chi connectivity index (χ1) is 20.6. The van der Waals surface area contributed by atoms with E-state index in [4.69, 9.17) is 9.47 Å². The molecule has 0 bridgehead atoms. The zero-order valence-electron chi connectivity index (χ0n) is 24.3. The van der Waals surface area contributed by atoms with Crippen molar-refractivity contribution in [3.63, 3.8) is 0 Å². The zero-order chi connectivity index (χ0) is 29.1. The molecule has 2 aromatic carbocycles. The Morgan fingerprint density at radius 1 is 0.636 bits per heavy atom. The second-order valence-electron chi connectivity index (χ2n) is 10.0. The number of aromatic nitrogens is 4. The molecule has 0 atom stereocenters. The number of hydrogen-bond donors (Lipinski definition) is 0. The van der Waals surface area contributed by atoms with Gasteiger partial charge in [-0.1, -0.05) is 83.3 Å². The van der Waals surface area contributed by atoms with Crippen LogP contribution in [0.5, 0.6) is 0 Å². The fourth-order valence-electron chi connectivity index (χ4n) is 5.37. The Bertz CT molecular complexity index is 1730. The number of imidazole rings is 2. The number of thiazole rings is 2. The lowest BCUT2D eigenvalue weighted by Crippen LogP contribution is -3.00. The summed E-state index contributed by atoms with van der Waals surface area (Å²) in [6.45, 7) is 0.677. The molecule has 0 amide bonds. The monoisotopic (exact) mass is 854 g/mol. The van der Waals surface area contributed by atoms with Gasteiger partial charge in [-0.05, 0) is 25.7 Å².